The summed E-state index contributed by atoms with van der Waals surface area (Å²) in [6, 6.07) is 25.3. The normalized spacial score (nSPS) is 11.4. The summed E-state index contributed by atoms with van der Waals surface area (Å²) in [6.07, 6.45) is 0. The molecule has 3 rings (SSSR count). The zero-order chi connectivity index (χ0) is 21.9. The van der Waals surface area contributed by atoms with Gasteiger partial charge < -0.3 is 20.2 Å². The topological polar surface area (TPSA) is 71.6 Å². The van der Waals surface area contributed by atoms with Gasteiger partial charge in [-0.3, -0.25) is 4.79 Å². The maximum atomic E-state index is 12.3. The molecule has 1 amide bonds. The van der Waals surface area contributed by atoms with E-state index in [1.807, 2.05) is 92.7 Å². The highest BCUT2D eigenvalue weighted by molar-refractivity contribution is 5.78. The minimum absolute atomic E-state index is 0.0790. The molecule has 0 bridgehead atoms. The Bertz CT molecular complexity index is 949. The molecule has 6 nitrogen and oxygen atoms in total. The van der Waals surface area contributed by atoms with Crippen LogP contribution in [0.4, 0.5) is 5.69 Å². The molecule has 0 aromatic heterocycles. The van der Waals surface area contributed by atoms with Crippen LogP contribution >= 0.6 is 0 Å². The van der Waals surface area contributed by atoms with Crippen molar-refractivity contribution in [2.75, 3.05) is 18.6 Å². The van der Waals surface area contributed by atoms with Crippen LogP contribution in [-0.4, -0.2) is 19.1 Å². The van der Waals surface area contributed by atoms with E-state index in [-0.39, 0.29) is 18.6 Å². The molecule has 0 fully saturated rings. The number of benzene rings is 3. The number of ether oxygens (including phenoxy) is 2. The highest BCUT2D eigenvalue weighted by Gasteiger charge is 2.12. The average molecular weight is 420 g/mol. The molecule has 3 N–H and O–H groups in total. The van der Waals surface area contributed by atoms with E-state index < -0.39 is 0 Å². The first kappa shape index (κ1) is 22.2. The summed E-state index contributed by atoms with van der Waals surface area (Å²) in [5.74, 6) is 0.978. The SMILES string of the molecule is CCOc1cc(CNNc2ccccc2)ccc1OCC(=O)NC(C)c1ccccc1. The first-order valence-electron chi connectivity index (χ1n) is 10.4. The molecule has 0 aliphatic carbocycles. The number of hydrazine groups is 1. The second-order valence-electron chi connectivity index (χ2n) is 7.05. The van der Waals surface area contributed by atoms with Crippen LogP contribution in [0, 0.1) is 0 Å². The predicted octanol–water partition coefficient (Wildman–Crippen LogP) is 4.46. The lowest BCUT2D eigenvalue weighted by Crippen LogP contribution is -2.31. The minimum Gasteiger partial charge on any atom is -0.490 e. The van der Waals surface area contributed by atoms with Crippen molar-refractivity contribution in [3.63, 3.8) is 0 Å². The zero-order valence-electron chi connectivity index (χ0n) is 17.9. The maximum Gasteiger partial charge on any atom is 0.258 e. The van der Waals surface area contributed by atoms with Crippen molar-refractivity contribution >= 4 is 11.6 Å². The van der Waals surface area contributed by atoms with Crippen molar-refractivity contribution in [3.8, 4) is 11.5 Å². The minimum atomic E-state index is -0.184. The maximum absolute atomic E-state index is 12.3. The van der Waals surface area contributed by atoms with Crippen LogP contribution < -0.4 is 25.6 Å². The monoisotopic (exact) mass is 419 g/mol. The van der Waals surface area contributed by atoms with Crippen LogP contribution in [-0.2, 0) is 11.3 Å². The van der Waals surface area contributed by atoms with Gasteiger partial charge in [0.25, 0.3) is 5.91 Å². The number of carbonyl (C=O) groups is 1. The summed E-state index contributed by atoms with van der Waals surface area (Å²) >= 11 is 0. The number of para-hydroxylation sites is 1. The second-order valence-corrected chi connectivity index (χ2v) is 7.05. The van der Waals surface area contributed by atoms with E-state index in [4.69, 9.17) is 9.47 Å². The van der Waals surface area contributed by atoms with Crippen molar-refractivity contribution in [2.45, 2.75) is 26.4 Å². The fourth-order valence-electron chi connectivity index (χ4n) is 3.07. The third kappa shape index (κ3) is 7.04. The standard InChI is InChI=1S/C25H29N3O3/c1-3-30-24-16-20(17-26-28-22-12-8-5-9-13-22)14-15-23(24)31-18-25(29)27-19(2)21-10-6-4-7-11-21/h4-16,19,26,28H,3,17-18H2,1-2H3,(H,27,29). The predicted molar refractivity (Wildman–Crippen MR) is 123 cm³/mol. The Labute approximate surface area is 183 Å². The van der Waals surface area contributed by atoms with Crippen molar-refractivity contribution in [1.82, 2.24) is 10.7 Å². The lowest BCUT2D eigenvalue weighted by molar-refractivity contribution is -0.123. The Balaban J connectivity index is 1.53. The van der Waals surface area contributed by atoms with Crippen LogP contribution in [0.25, 0.3) is 0 Å². The molecule has 31 heavy (non-hydrogen) atoms. The number of hydrogen-bond donors (Lipinski definition) is 3. The molecule has 0 heterocycles. The summed E-state index contributed by atoms with van der Waals surface area (Å²) in [6.45, 7) is 4.89. The van der Waals surface area contributed by atoms with E-state index in [9.17, 15) is 4.79 Å². The summed E-state index contributed by atoms with van der Waals surface area (Å²) in [7, 11) is 0. The molecule has 0 spiro atoms. The number of anilines is 1. The molecule has 0 aliphatic rings. The van der Waals surface area contributed by atoms with Gasteiger partial charge in [0.2, 0.25) is 0 Å². The molecule has 1 atom stereocenters. The summed E-state index contributed by atoms with van der Waals surface area (Å²) in [5.41, 5.74) is 9.41. The molecular formula is C25H29N3O3. The van der Waals surface area contributed by atoms with Gasteiger partial charge in [0, 0.05) is 12.2 Å². The van der Waals surface area contributed by atoms with E-state index in [1.165, 1.54) is 0 Å². The van der Waals surface area contributed by atoms with Gasteiger partial charge in [-0.15, -0.1) is 0 Å². The molecule has 162 valence electrons. The smallest absolute Gasteiger partial charge is 0.258 e. The van der Waals surface area contributed by atoms with E-state index in [2.05, 4.69) is 16.2 Å². The van der Waals surface area contributed by atoms with Crippen LogP contribution in [0.5, 0.6) is 11.5 Å². The van der Waals surface area contributed by atoms with Crippen LogP contribution in [0.3, 0.4) is 0 Å². The van der Waals surface area contributed by atoms with Gasteiger partial charge in [-0.25, -0.2) is 5.43 Å². The largest absolute Gasteiger partial charge is 0.490 e. The number of nitrogens with one attached hydrogen (secondary N) is 3. The molecular weight excluding hydrogens is 390 g/mol. The van der Waals surface area contributed by atoms with Gasteiger partial charge in [-0.2, -0.15) is 0 Å². The Morgan fingerprint density at radius 3 is 2.32 bits per heavy atom. The van der Waals surface area contributed by atoms with Crippen LogP contribution in [0.2, 0.25) is 0 Å². The van der Waals surface area contributed by atoms with Gasteiger partial charge in [-0.05, 0) is 49.2 Å². The average Bonchev–Trinajstić information content (AvgIpc) is 2.80. The van der Waals surface area contributed by atoms with Crippen LogP contribution in [0.1, 0.15) is 31.0 Å². The number of carbonyl (C=O) groups excluding carboxylic acids is 1. The lowest BCUT2D eigenvalue weighted by atomic mass is 10.1. The van der Waals surface area contributed by atoms with E-state index in [1.54, 1.807) is 0 Å². The highest BCUT2D eigenvalue weighted by Crippen LogP contribution is 2.28. The van der Waals surface area contributed by atoms with Gasteiger partial charge >= 0.3 is 0 Å². The lowest BCUT2D eigenvalue weighted by Gasteiger charge is -2.16. The molecule has 0 radical (unpaired) electrons. The Kier molecular flexibility index (Phi) is 8.31. The second kappa shape index (κ2) is 11.6. The molecule has 3 aromatic carbocycles. The summed E-state index contributed by atoms with van der Waals surface area (Å²) in [5, 5.41) is 2.95. The fourth-order valence-corrected chi connectivity index (χ4v) is 3.07. The molecule has 0 aliphatic heterocycles. The van der Waals surface area contributed by atoms with Gasteiger partial charge in [0.1, 0.15) is 0 Å². The van der Waals surface area contributed by atoms with Gasteiger partial charge in [0.15, 0.2) is 18.1 Å². The molecule has 0 saturated heterocycles. The zero-order valence-corrected chi connectivity index (χ0v) is 17.9. The highest BCUT2D eigenvalue weighted by atomic mass is 16.5. The van der Waals surface area contributed by atoms with Crippen LogP contribution in [0.15, 0.2) is 78.9 Å². The molecule has 3 aromatic rings. The first-order chi connectivity index (χ1) is 15.2. The molecule has 0 saturated carbocycles. The Morgan fingerprint density at radius 1 is 0.903 bits per heavy atom. The molecule has 1 unspecified atom stereocenters. The summed E-state index contributed by atoms with van der Waals surface area (Å²) in [4.78, 5) is 12.3. The quantitative estimate of drug-likeness (QED) is 0.400. The fraction of sp³-hybridized carbons (Fsp3) is 0.240. The van der Waals surface area contributed by atoms with Crippen molar-refractivity contribution in [2.24, 2.45) is 0 Å². The van der Waals surface area contributed by atoms with Gasteiger partial charge in [0.05, 0.1) is 12.6 Å². The van der Waals surface area contributed by atoms with Gasteiger partial charge in [-0.1, -0.05) is 54.6 Å². The van der Waals surface area contributed by atoms with Crippen molar-refractivity contribution in [1.29, 1.82) is 0 Å². The van der Waals surface area contributed by atoms with E-state index in [0.29, 0.717) is 24.7 Å². The Morgan fingerprint density at radius 2 is 1.61 bits per heavy atom. The number of hydrogen-bond acceptors (Lipinski definition) is 5. The third-order valence-corrected chi connectivity index (χ3v) is 4.64. The third-order valence-electron chi connectivity index (χ3n) is 4.64. The van der Waals surface area contributed by atoms with Crippen molar-refractivity contribution in [3.05, 3.63) is 90.0 Å². The summed E-state index contributed by atoms with van der Waals surface area (Å²) < 4.78 is 11.5. The van der Waals surface area contributed by atoms with E-state index in [0.717, 1.165) is 16.8 Å². The molecule has 6 heteroatoms. The first-order valence-corrected chi connectivity index (χ1v) is 10.4. The number of rotatable bonds is 11. The number of amides is 1. The van der Waals surface area contributed by atoms with Crippen molar-refractivity contribution < 1.29 is 14.3 Å². The van der Waals surface area contributed by atoms with E-state index >= 15 is 0 Å². The Hall–Kier alpha value is -3.51.